The number of nitrogens with zero attached hydrogens (tertiary/aromatic N) is 2. The van der Waals surface area contributed by atoms with Crippen molar-refractivity contribution in [1.29, 1.82) is 0 Å². The number of aromatic hydroxyl groups is 1. The van der Waals surface area contributed by atoms with E-state index in [1.54, 1.807) is 6.07 Å². The topological polar surface area (TPSA) is 127 Å². The Morgan fingerprint density at radius 1 is 1.20 bits per heavy atom. The summed E-state index contributed by atoms with van der Waals surface area (Å²) in [5, 5.41) is 35.8. The molecule has 192 valence electrons. The van der Waals surface area contributed by atoms with Crippen LogP contribution in [-0.4, -0.2) is 82.6 Å². The minimum Gasteiger partial charge on any atom is -0.506 e. The number of aliphatic hydroxyl groups is 2. The Labute approximate surface area is 207 Å². The maximum atomic E-state index is 12.4. The summed E-state index contributed by atoms with van der Waals surface area (Å²) >= 11 is 0. The van der Waals surface area contributed by atoms with E-state index in [0.29, 0.717) is 25.1 Å². The lowest BCUT2D eigenvalue weighted by molar-refractivity contribution is -0.120. The average Bonchev–Trinajstić information content (AvgIpc) is 2.83. The van der Waals surface area contributed by atoms with Crippen LogP contribution in [0.2, 0.25) is 0 Å². The van der Waals surface area contributed by atoms with Gasteiger partial charge in [-0.3, -0.25) is 9.69 Å². The van der Waals surface area contributed by atoms with Crippen molar-refractivity contribution in [1.82, 2.24) is 20.5 Å². The van der Waals surface area contributed by atoms with Gasteiger partial charge in [0, 0.05) is 38.3 Å². The van der Waals surface area contributed by atoms with Crippen LogP contribution in [0.25, 0.3) is 0 Å². The molecule has 1 atom stereocenters. The number of aromatic nitrogens is 1. The van der Waals surface area contributed by atoms with E-state index in [4.69, 9.17) is 4.74 Å². The number of morpholine rings is 1. The van der Waals surface area contributed by atoms with Crippen LogP contribution in [-0.2, 0) is 29.0 Å². The second kappa shape index (κ2) is 12.9. The van der Waals surface area contributed by atoms with E-state index < -0.39 is 12.7 Å². The van der Waals surface area contributed by atoms with E-state index in [2.05, 4.69) is 26.6 Å². The molecular weight excluding hydrogens is 448 g/mol. The minimum atomic E-state index is -0.882. The van der Waals surface area contributed by atoms with Crippen molar-refractivity contribution in [3.8, 4) is 5.75 Å². The molecule has 1 unspecified atom stereocenters. The van der Waals surface area contributed by atoms with Gasteiger partial charge < -0.3 is 30.7 Å². The summed E-state index contributed by atoms with van der Waals surface area (Å²) in [7, 11) is 0. The first-order chi connectivity index (χ1) is 16.8. The lowest BCUT2D eigenvalue weighted by Gasteiger charge is -2.28. The number of amides is 1. The first-order valence-corrected chi connectivity index (χ1v) is 12.1. The molecule has 9 nitrogen and oxygen atoms in total. The van der Waals surface area contributed by atoms with Crippen molar-refractivity contribution in [2.24, 2.45) is 0 Å². The summed E-state index contributed by atoms with van der Waals surface area (Å²) in [5.74, 6) is -0.0815. The number of rotatable bonds is 12. The third-order valence-electron chi connectivity index (χ3n) is 6.09. The molecule has 3 rings (SSSR count). The molecule has 0 spiro atoms. The van der Waals surface area contributed by atoms with E-state index in [-0.39, 0.29) is 29.4 Å². The molecule has 1 aromatic carbocycles. The van der Waals surface area contributed by atoms with Crippen LogP contribution in [0, 0.1) is 0 Å². The highest BCUT2D eigenvalue weighted by molar-refractivity contribution is 5.78. The molecule has 0 bridgehead atoms. The van der Waals surface area contributed by atoms with E-state index in [1.165, 1.54) is 6.07 Å². The Balaban J connectivity index is 1.46. The molecule has 1 aliphatic rings. The highest BCUT2D eigenvalue weighted by Gasteiger charge is 2.21. The van der Waals surface area contributed by atoms with Crippen molar-refractivity contribution in [3.63, 3.8) is 0 Å². The Bertz CT molecular complexity index is 963. The lowest BCUT2D eigenvalue weighted by atomic mass is 9.93. The van der Waals surface area contributed by atoms with Gasteiger partial charge in [-0.25, -0.2) is 4.98 Å². The van der Waals surface area contributed by atoms with Gasteiger partial charge in [-0.15, -0.1) is 0 Å². The Morgan fingerprint density at radius 3 is 2.69 bits per heavy atom. The molecule has 1 aromatic heterocycles. The first-order valence-electron chi connectivity index (χ1n) is 12.1. The van der Waals surface area contributed by atoms with Crippen LogP contribution in [0.5, 0.6) is 5.75 Å². The van der Waals surface area contributed by atoms with Crippen LogP contribution in [0.15, 0.2) is 36.4 Å². The molecular formula is C26H38N4O5. The van der Waals surface area contributed by atoms with E-state index in [9.17, 15) is 20.1 Å². The monoisotopic (exact) mass is 486 g/mol. The smallest absolute Gasteiger partial charge is 0.224 e. The number of pyridine rings is 1. The summed E-state index contributed by atoms with van der Waals surface area (Å²) in [6.45, 7) is 8.76. The predicted octanol–water partition coefficient (Wildman–Crippen LogP) is 0.915. The Kier molecular flexibility index (Phi) is 10.00. The summed E-state index contributed by atoms with van der Waals surface area (Å²) < 4.78 is 5.35. The lowest BCUT2D eigenvalue weighted by Crippen LogP contribution is -2.43. The van der Waals surface area contributed by atoms with Crippen LogP contribution < -0.4 is 10.6 Å². The first kappa shape index (κ1) is 27.0. The molecule has 1 aliphatic heterocycles. The van der Waals surface area contributed by atoms with Crippen LogP contribution >= 0.6 is 0 Å². The van der Waals surface area contributed by atoms with Gasteiger partial charge in [0.15, 0.2) is 0 Å². The Morgan fingerprint density at radius 2 is 1.94 bits per heavy atom. The normalized spacial score (nSPS) is 15.7. The maximum Gasteiger partial charge on any atom is 0.224 e. The van der Waals surface area contributed by atoms with E-state index in [1.807, 2.05) is 32.0 Å². The fourth-order valence-electron chi connectivity index (χ4n) is 4.14. The molecule has 9 heteroatoms. The van der Waals surface area contributed by atoms with Crippen molar-refractivity contribution in [2.45, 2.75) is 44.9 Å². The largest absolute Gasteiger partial charge is 0.506 e. The number of carbonyl (C=O) groups excluding carboxylic acids is 1. The van der Waals surface area contributed by atoms with Crippen LogP contribution in [0.1, 0.15) is 42.5 Å². The number of ether oxygens (including phenoxy) is 1. The molecule has 5 N–H and O–H groups in total. The van der Waals surface area contributed by atoms with E-state index >= 15 is 0 Å². The molecule has 0 radical (unpaired) electrons. The molecule has 1 fully saturated rings. The minimum absolute atomic E-state index is 0.0135. The van der Waals surface area contributed by atoms with Crippen molar-refractivity contribution >= 4 is 5.91 Å². The van der Waals surface area contributed by atoms with Crippen molar-refractivity contribution in [2.75, 3.05) is 45.9 Å². The van der Waals surface area contributed by atoms with E-state index in [0.717, 1.165) is 44.0 Å². The van der Waals surface area contributed by atoms with Gasteiger partial charge >= 0.3 is 0 Å². The van der Waals surface area contributed by atoms with Crippen LogP contribution in [0.4, 0.5) is 0 Å². The number of nitrogens with one attached hydrogen (secondary N) is 2. The maximum absolute atomic E-state index is 12.4. The predicted molar refractivity (Wildman–Crippen MR) is 133 cm³/mol. The highest BCUT2D eigenvalue weighted by atomic mass is 16.5. The molecule has 2 aromatic rings. The third kappa shape index (κ3) is 8.87. The summed E-state index contributed by atoms with van der Waals surface area (Å²) in [6.07, 6.45) is 0.160. The number of benzene rings is 1. The standard InChI is InChI=1S/C26H38N4O5/c1-26(2,28-17-24(33)21-6-7-23(32)22(18-31)29-21)16-20-5-3-4-19(14-20)15-25(34)27-8-9-30-10-12-35-13-11-30/h3-7,14,24,28,31-33H,8-13,15-18H2,1-2H3,(H,27,34). The summed E-state index contributed by atoms with van der Waals surface area (Å²) in [6, 6.07) is 11.0. The number of carbonyl (C=O) groups is 1. The molecule has 0 saturated carbocycles. The molecule has 35 heavy (non-hydrogen) atoms. The molecule has 1 amide bonds. The van der Waals surface area contributed by atoms with Gasteiger partial charge in [0.05, 0.1) is 31.9 Å². The average molecular weight is 487 g/mol. The van der Waals surface area contributed by atoms with Gasteiger partial charge in [0.1, 0.15) is 17.5 Å². The number of hydrogen-bond donors (Lipinski definition) is 5. The fraction of sp³-hybridized carbons (Fsp3) is 0.538. The quantitative estimate of drug-likeness (QED) is 0.300. The second-order valence-corrected chi connectivity index (χ2v) is 9.62. The van der Waals surface area contributed by atoms with Gasteiger partial charge in [0.25, 0.3) is 0 Å². The van der Waals surface area contributed by atoms with Crippen molar-refractivity contribution in [3.05, 3.63) is 58.9 Å². The fourth-order valence-corrected chi connectivity index (χ4v) is 4.14. The van der Waals surface area contributed by atoms with Crippen molar-refractivity contribution < 1.29 is 24.9 Å². The number of aliphatic hydroxyl groups excluding tert-OH is 2. The molecule has 2 heterocycles. The Hall–Kier alpha value is -2.56. The third-order valence-corrected chi connectivity index (χ3v) is 6.09. The zero-order valence-corrected chi connectivity index (χ0v) is 20.7. The number of hydrogen-bond acceptors (Lipinski definition) is 8. The van der Waals surface area contributed by atoms with Gasteiger partial charge in [0.2, 0.25) is 5.91 Å². The van der Waals surface area contributed by atoms with Gasteiger partial charge in [-0.2, -0.15) is 0 Å². The highest BCUT2D eigenvalue weighted by Crippen LogP contribution is 2.20. The SMILES string of the molecule is CC(C)(Cc1cccc(CC(=O)NCCN2CCOCC2)c1)NCC(O)c1ccc(O)c(CO)n1. The van der Waals surface area contributed by atoms with Gasteiger partial charge in [-0.05, 0) is 43.5 Å². The summed E-state index contributed by atoms with van der Waals surface area (Å²) in [4.78, 5) is 18.8. The number of β-amino-alcohol motifs (C(OH)–C–C–N with tert-alkyl or cyclic N) is 1. The molecule has 0 aliphatic carbocycles. The zero-order valence-electron chi connectivity index (χ0n) is 20.7. The summed E-state index contributed by atoms with van der Waals surface area (Å²) in [5.41, 5.74) is 2.27. The zero-order chi connectivity index (χ0) is 25.3. The second-order valence-electron chi connectivity index (χ2n) is 9.62. The van der Waals surface area contributed by atoms with Gasteiger partial charge in [-0.1, -0.05) is 24.3 Å². The molecule has 1 saturated heterocycles. The van der Waals surface area contributed by atoms with Crippen LogP contribution in [0.3, 0.4) is 0 Å².